The highest BCUT2D eigenvalue weighted by molar-refractivity contribution is 5.80. The quantitative estimate of drug-likeness (QED) is 0.552. The molecule has 1 heterocycles. The van der Waals surface area contributed by atoms with Crippen molar-refractivity contribution in [3.05, 3.63) is 29.3 Å². The number of carbonyl (C=O) groups is 1. The molecule has 6 nitrogen and oxygen atoms in total. The second-order valence-electron chi connectivity index (χ2n) is 8.07. The van der Waals surface area contributed by atoms with Crippen LogP contribution in [0.3, 0.4) is 0 Å². The summed E-state index contributed by atoms with van der Waals surface area (Å²) in [5.41, 5.74) is -2.19. The molecule has 1 aromatic rings. The maximum atomic E-state index is 13.3. The first kappa shape index (κ1) is 23.4. The Kier molecular flexibility index (Phi) is 6.96. The Bertz CT molecular complexity index is 959. The number of halogens is 3. The fraction of sp³-hybridized carbons (Fsp3) is 0.522. The first-order valence-corrected chi connectivity index (χ1v) is 10.4. The van der Waals surface area contributed by atoms with Crippen molar-refractivity contribution in [2.24, 2.45) is 0 Å². The Hall–Kier alpha value is -3.22. The van der Waals surface area contributed by atoms with Gasteiger partial charge in [0.15, 0.2) is 5.72 Å². The smallest absolute Gasteiger partial charge is 0.416 e. The third kappa shape index (κ3) is 5.15. The van der Waals surface area contributed by atoms with Gasteiger partial charge in [0.25, 0.3) is 0 Å². The molecule has 2 aliphatic rings. The molecule has 0 spiro atoms. The number of amides is 1. The van der Waals surface area contributed by atoms with E-state index in [4.69, 9.17) is 16.4 Å². The minimum atomic E-state index is -4.62. The van der Waals surface area contributed by atoms with E-state index in [-0.39, 0.29) is 23.8 Å². The summed E-state index contributed by atoms with van der Waals surface area (Å²) in [6.45, 7) is -0.166. The molecule has 3 rings (SSSR count). The number of nitriles is 2. The van der Waals surface area contributed by atoms with Crippen molar-refractivity contribution in [2.45, 2.75) is 68.9 Å². The molecule has 0 radical (unpaired) electrons. The maximum absolute atomic E-state index is 13.3. The van der Waals surface area contributed by atoms with Gasteiger partial charge in [0.1, 0.15) is 11.8 Å². The summed E-state index contributed by atoms with van der Waals surface area (Å²) < 4.78 is 45.8. The standard InChI is InChI=1S/C23H23F3N4O2/c1-2-18-6-7-19(14-28)30(18)21(31)15-29-22(8-4-3-5-9-22)32-20-11-16(13-27)10-17(12-20)23(24,25)26/h1,10-12,18-19,29H,3-9,15H2. The Morgan fingerprint density at radius 1 is 1.19 bits per heavy atom. The predicted molar refractivity (Wildman–Crippen MR) is 109 cm³/mol. The second-order valence-corrected chi connectivity index (χ2v) is 8.07. The number of likely N-dealkylation sites (tertiary alicyclic amines) is 1. The van der Waals surface area contributed by atoms with Gasteiger partial charge in [-0.3, -0.25) is 10.1 Å². The molecule has 168 valence electrons. The number of rotatable bonds is 5. The van der Waals surface area contributed by atoms with E-state index in [0.29, 0.717) is 25.7 Å². The summed E-state index contributed by atoms with van der Waals surface area (Å²) in [5.74, 6) is 2.10. The van der Waals surface area contributed by atoms with Crippen LogP contribution >= 0.6 is 0 Å². The van der Waals surface area contributed by atoms with Gasteiger partial charge in [-0.2, -0.15) is 23.7 Å². The highest BCUT2D eigenvalue weighted by Gasteiger charge is 2.39. The van der Waals surface area contributed by atoms with Gasteiger partial charge in [0.2, 0.25) is 5.91 Å². The number of nitrogens with zero attached hydrogens (tertiary/aromatic N) is 3. The monoisotopic (exact) mass is 444 g/mol. The van der Waals surface area contributed by atoms with E-state index >= 15 is 0 Å². The van der Waals surface area contributed by atoms with Crippen LogP contribution in [0.2, 0.25) is 0 Å². The molecule has 2 fully saturated rings. The molecule has 1 saturated carbocycles. The fourth-order valence-corrected chi connectivity index (χ4v) is 4.33. The second kappa shape index (κ2) is 9.51. The zero-order chi connectivity index (χ0) is 23.4. The molecule has 2 unspecified atom stereocenters. The first-order chi connectivity index (χ1) is 15.2. The number of benzene rings is 1. The lowest BCUT2D eigenvalue weighted by atomic mass is 9.91. The number of hydrogen-bond acceptors (Lipinski definition) is 5. The van der Waals surface area contributed by atoms with E-state index in [1.807, 2.05) is 0 Å². The van der Waals surface area contributed by atoms with Gasteiger partial charge < -0.3 is 9.64 Å². The average Bonchev–Trinajstić information content (AvgIpc) is 3.20. The number of hydrogen-bond donors (Lipinski definition) is 1. The highest BCUT2D eigenvalue weighted by Crippen LogP contribution is 2.36. The van der Waals surface area contributed by atoms with Gasteiger partial charge in [0, 0.05) is 12.8 Å². The molecule has 1 aromatic carbocycles. The number of ether oxygens (including phenoxy) is 1. The summed E-state index contributed by atoms with van der Waals surface area (Å²) in [6.07, 6.45) is 5.37. The predicted octanol–water partition coefficient (Wildman–Crippen LogP) is 3.72. The van der Waals surface area contributed by atoms with Gasteiger partial charge in [-0.05, 0) is 43.9 Å². The number of carbonyl (C=O) groups excluding carboxylic acids is 1. The average molecular weight is 444 g/mol. The van der Waals surface area contributed by atoms with Crippen LogP contribution in [0.5, 0.6) is 5.75 Å². The first-order valence-electron chi connectivity index (χ1n) is 10.4. The van der Waals surface area contributed by atoms with E-state index in [1.165, 1.54) is 11.0 Å². The molecule has 1 aliphatic heterocycles. The molecule has 1 amide bonds. The minimum absolute atomic E-state index is 0.0872. The van der Waals surface area contributed by atoms with Crippen LogP contribution in [0.15, 0.2) is 18.2 Å². The summed E-state index contributed by atoms with van der Waals surface area (Å²) in [4.78, 5) is 14.3. The van der Waals surface area contributed by atoms with E-state index in [2.05, 4.69) is 17.3 Å². The summed E-state index contributed by atoms with van der Waals surface area (Å²) in [7, 11) is 0. The van der Waals surface area contributed by atoms with Gasteiger partial charge >= 0.3 is 6.18 Å². The summed E-state index contributed by atoms with van der Waals surface area (Å²) >= 11 is 0. The minimum Gasteiger partial charge on any atom is -0.473 e. The normalized spacial score (nSPS) is 22.4. The molecule has 1 N–H and O–H groups in total. The maximum Gasteiger partial charge on any atom is 0.416 e. The van der Waals surface area contributed by atoms with Crippen molar-refractivity contribution < 1.29 is 22.7 Å². The van der Waals surface area contributed by atoms with Crippen LogP contribution < -0.4 is 10.1 Å². The van der Waals surface area contributed by atoms with Gasteiger partial charge in [-0.15, -0.1) is 6.42 Å². The zero-order valence-corrected chi connectivity index (χ0v) is 17.4. The van der Waals surface area contributed by atoms with Crippen LogP contribution in [0, 0.1) is 35.0 Å². The Labute approximate surface area is 184 Å². The molecule has 0 aromatic heterocycles. The van der Waals surface area contributed by atoms with Crippen molar-refractivity contribution in [1.82, 2.24) is 10.2 Å². The SMILES string of the molecule is C#CC1CCC(C#N)N1C(=O)CNC1(Oc2cc(C#N)cc(C(F)(F)F)c2)CCCCC1. The lowest BCUT2D eigenvalue weighted by Crippen LogP contribution is -2.56. The van der Waals surface area contributed by atoms with Gasteiger partial charge in [-0.25, -0.2) is 0 Å². The van der Waals surface area contributed by atoms with Crippen LogP contribution in [0.4, 0.5) is 13.2 Å². The molecule has 1 saturated heterocycles. The lowest BCUT2D eigenvalue weighted by Gasteiger charge is -2.39. The summed E-state index contributed by atoms with van der Waals surface area (Å²) in [6, 6.07) is 5.65. The van der Waals surface area contributed by atoms with E-state index in [1.54, 1.807) is 6.07 Å². The van der Waals surface area contributed by atoms with Crippen molar-refractivity contribution in [1.29, 1.82) is 10.5 Å². The van der Waals surface area contributed by atoms with Crippen molar-refractivity contribution in [3.8, 4) is 30.2 Å². The van der Waals surface area contributed by atoms with Crippen molar-refractivity contribution in [3.63, 3.8) is 0 Å². The molecule has 0 bridgehead atoms. The van der Waals surface area contributed by atoms with Crippen LogP contribution in [0.25, 0.3) is 0 Å². The lowest BCUT2D eigenvalue weighted by molar-refractivity contribution is -0.137. The number of terminal acetylenes is 1. The summed E-state index contributed by atoms with van der Waals surface area (Å²) in [5, 5.41) is 21.6. The van der Waals surface area contributed by atoms with Crippen molar-refractivity contribution in [2.75, 3.05) is 6.54 Å². The Balaban J connectivity index is 1.81. The topological polar surface area (TPSA) is 89.2 Å². The van der Waals surface area contributed by atoms with E-state index in [0.717, 1.165) is 31.4 Å². The number of nitrogens with one attached hydrogen (secondary N) is 1. The Morgan fingerprint density at radius 2 is 1.88 bits per heavy atom. The van der Waals surface area contributed by atoms with Crippen molar-refractivity contribution >= 4 is 5.91 Å². The van der Waals surface area contributed by atoms with E-state index < -0.39 is 29.5 Å². The van der Waals surface area contributed by atoms with Crippen LogP contribution in [-0.2, 0) is 11.0 Å². The third-order valence-electron chi connectivity index (χ3n) is 5.91. The van der Waals surface area contributed by atoms with E-state index in [9.17, 15) is 23.2 Å². The molecule has 1 aliphatic carbocycles. The fourth-order valence-electron chi connectivity index (χ4n) is 4.33. The third-order valence-corrected chi connectivity index (χ3v) is 5.91. The van der Waals surface area contributed by atoms with Gasteiger partial charge in [0.05, 0.1) is 35.9 Å². The molecule has 9 heteroatoms. The largest absolute Gasteiger partial charge is 0.473 e. The molecule has 2 atom stereocenters. The number of alkyl halides is 3. The Morgan fingerprint density at radius 3 is 2.47 bits per heavy atom. The molecular weight excluding hydrogens is 421 g/mol. The molecular formula is C23H23F3N4O2. The van der Waals surface area contributed by atoms with Gasteiger partial charge in [-0.1, -0.05) is 12.3 Å². The molecule has 32 heavy (non-hydrogen) atoms. The van der Waals surface area contributed by atoms with Crippen LogP contribution in [-0.4, -0.2) is 35.2 Å². The zero-order valence-electron chi connectivity index (χ0n) is 17.4. The van der Waals surface area contributed by atoms with Crippen LogP contribution in [0.1, 0.15) is 56.1 Å². The highest BCUT2D eigenvalue weighted by atomic mass is 19.4.